The van der Waals surface area contributed by atoms with Crippen LogP contribution < -0.4 is 5.32 Å². The minimum Gasteiger partial charge on any atom is -0.450 e. The summed E-state index contributed by atoms with van der Waals surface area (Å²) >= 11 is 5.81. The number of aromatic nitrogens is 3. The molecule has 0 bridgehead atoms. The first-order valence-corrected chi connectivity index (χ1v) is 14.4. The highest BCUT2D eigenvalue weighted by Crippen LogP contribution is 2.32. The second-order valence-electron chi connectivity index (χ2n) is 8.96. The number of anilines is 2. The molecule has 1 aromatic heterocycles. The molecule has 0 spiro atoms. The van der Waals surface area contributed by atoms with Crippen molar-refractivity contribution in [1.29, 1.82) is 0 Å². The number of likely N-dealkylation sites (tertiary alicyclic amines) is 1. The molecular weight excluding hydrogens is 418 g/mol. The van der Waals surface area contributed by atoms with E-state index in [1.54, 1.807) is 0 Å². The quantitative estimate of drug-likeness (QED) is 0.610. The molecule has 2 heterocycles. The number of carbonyl (C=O) groups excluding carboxylic acids is 1. The minimum atomic E-state index is -1.19. The average molecular weight is 448 g/mol. The molecule has 0 saturated carbocycles. The number of benzene rings is 1. The third-order valence-electron chi connectivity index (χ3n) is 5.34. The van der Waals surface area contributed by atoms with Gasteiger partial charge in [0.25, 0.3) is 0 Å². The molecule has 3 rings (SSSR count). The molecule has 30 heavy (non-hydrogen) atoms. The summed E-state index contributed by atoms with van der Waals surface area (Å²) in [7, 11) is -1.19. The number of ether oxygens (including phenoxy) is 1. The van der Waals surface area contributed by atoms with Gasteiger partial charge in [0.1, 0.15) is 6.33 Å². The molecule has 0 unspecified atom stereocenters. The molecule has 0 atom stereocenters. The van der Waals surface area contributed by atoms with Crippen molar-refractivity contribution in [2.75, 3.05) is 25.0 Å². The van der Waals surface area contributed by atoms with E-state index in [1.165, 1.54) is 17.5 Å². The number of nitrogens with one attached hydrogen (secondary N) is 1. The van der Waals surface area contributed by atoms with E-state index in [1.807, 2.05) is 11.0 Å². The second kappa shape index (κ2) is 9.74. The van der Waals surface area contributed by atoms with Crippen molar-refractivity contribution in [2.45, 2.75) is 51.4 Å². The Labute approximate surface area is 184 Å². The van der Waals surface area contributed by atoms with Crippen LogP contribution in [0.5, 0.6) is 0 Å². The van der Waals surface area contributed by atoms with Crippen LogP contribution in [0.15, 0.2) is 24.5 Å². The molecule has 1 aliphatic heterocycles. The van der Waals surface area contributed by atoms with Crippen LogP contribution in [0.3, 0.4) is 0 Å². The van der Waals surface area contributed by atoms with Crippen molar-refractivity contribution in [2.24, 2.45) is 0 Å². The lowest BCUT2D eigenvalue weighted by atomic mass is 9.87. The standard InChI is InChI=1S/C21H30ClN5O2Si/c1-15-13-17(25-20-24-14-23-19(22)26-20)5-6-18(15)16-7-9-27(10-8-16)21(28)29-11-12-30(2,3)4/h5-6,13-14,16H,7-12H2,1-4H3,(H,23,24,25,26). The molecule has 0 aliphatic carbocycles. The van der Waals surface area contributed by atoms with E-state index in [-0.39, 0.29) is 11.4 Å². The van der Waals surface area contributed by atoms with Crippen molar-refractivity contribution in [3.63, 3.8) is 0 Å². The van der Waals surface area contributed by atoms with Crippen LogP contribution >= 0.6 is 11.6 Å². The summed E-state index contributed by atoms with van der Waals surface area (Å²) in [6, 6.07) is 7.26. The van der Waals surface area contributed by atoms with Crippen molar-refractivity contribution in [3.05, 3.63) is 40.9 Å². The summed E-state index contributed by atoms with van der Waals surface area (Å²) in [5, 5.41) is 3.31. The average Bonchev–Trinajstić information content (AvgIpc) is 2.67. The predicted molar refractivity (Wildman–Crippen MR) is 122 cm³/mol. The zero-order chi connectivity index (χ0) is 21.7. The lowest BCUT2D eigenvalue weighted by molar-refractivity contribution is 0.0968. The molecule has 1 aromatic carbocycles. The van der Waals surface area contributed by atoms with Gasteiger partial charge < -0.3 is 15.0 Å². The highest BCUT2D eigenvalue weighted by molar-refractivity contribution is 6.76. The number of piperidine rings is 1. The second-order valence-corrected chi connectivity index (χ2v) is 14.9. The Balaban J connectivity index is 1.53. The van der Waals surface area contributed by atoms with Gasteiger partial charge in [-0.3, -0.25) is 0 Å². The molecular formula is C21H30ClN5O2Si. The Bertz CT molecular complexity index is 882. The van der Waals surface area contributed by atoms with Gasteiger partial charge in [0.2, 0.25) is 11.2 Å². The summed E-state index contributed by atoms with van der Waals surface area (Å²) in [6.45, 7) is 11.0. The number of carbonyl (C=O) groups is 1. The summed E-state index contributed by atoms with van der Waals surface area (Å²) < 4.78 is 5.49. The molecule has 0 radical (unpaired) electrons. The molecule has 1 fully saturated rings. The van der Waals surface area contributed by atoms with Gasteiger partial charge in [-0.15, -0.1) is 0 Å². The molecule has 1 saturated heterocycles. The van der Waals surface area contributed by atoms with Crippen molar-refractivity contribution < 1.29 is 9.53 Å². The van der Waals surface area contributed by atoms with Crippen LogP contribution in [0.25, 0.3) is 0 Å². The maximum Gasteiger partial charge on any atom is 0.409 e. The van der Waals surface area contributed by atoms with Gasteiger partial charge in [0, 0.05) is 26.9 Å². The van der Waals surface area contributed by atoms with Gasteiger partial charge in [-0.2, -0.15) is 4.98 Å². The lowest BCUT2D eigenvalue weighted by Crippen LogP contribution is -2.39. The van der Waals surface area contributed by atoms with Crippen molar-refractivity contribution in [3.8, 4) is 0 Å². The first kappa shape index (κ1) is 22.5. The van der Waals surface area contributed by atoms with Crippen LogP contribution in [0, 0.1) is 6.92 Å². The highest BCUT2D eigenvalue weighted by atomic mass is 35.5. The van der Waals surface area contributed by atoms with Crippen LogP contribution in [0.1, 0.15) is 29.9 Å². The van der Waals surface area contributed by atoms with Crippen LogP contribution in [0.4, 0.5) is 16.4 Å². The zero-order valence-electron chi connectivity index (χ0n) is 18.1. The maximum absolute atomic E-state index is 12.3. The smallest absolute Gasteiger partial charge is 0.409 e. The lowest BCUT2D eigenvalue weighted by Gasteiger charge is -2.32. The number of aryl methyl sites for hydroxylation is 1. The van der Waals surface area contributed by atoms with Crippen molar-refractivity contribution >= 4 is 37.4 Å². The Hall–Kier alpha value is -2.19. The third-order valence-corrected chi connectivity index (χ3v) is 7.23. The topological polar surface area (TPSA) is 80.2 Å². The molecule has 2 aromatic rings. The van der Waals surface area contributed by atoms with Gasteiger partial charge in [0.05, 0.1) is 6.61 Å². The van der Waals surface area contributed by atoms with E-state index in [4.69, 9.17) is 16.3 Å². The first-order valence-electron chi connectivity index (χ1n) is 10.3. The molecule has 9 heteroatoms. The molecule has 1 N–H and O–H groups in total. The fraction of sp³-hybridized carbons (Fsp3) is 0.524. The maximum atomic E-state index is 12.3. The molecule has 7 nitrogen and oxygen atoms in total. The van der Waals surface area contributed by atoms with Gasteiger partial charge >= 0.3 is 6.09 Å². The number of hydrogen-bond acceptors (Lipinski definition) is 6. The fourth-order valence-electron chi connectivity index (χ4n) is 3.59. The van der Waals surface area contributed by atoms with Crippen LogP contribution in [-0.2, 0) is 4.74 Å². The van der Waals surface area contributed by atoms with E-state index in [0.717, 1.165) is 37.7 Å². The van der Waals surface area contributed by atoms with Crippen molar-refractivity contribution in [1.82, 2.24) is 19.9 Å². The summed E-state index contributed by atoms with van der Waals surface area (Å²) in [4.78, 5) is 26.1. The number of hydrogen-bond donors (Lipinski definition) is 1. The highest BCUT2D eigenvalue weighted by Gasteiger charge is 2.26. The number of nitrogens with zero attached hydrogens (tertiary/aromatic N) is 4. The monoisotopic (exact) mass is 447 g/mol. The molecule has 162 valence electrons. The predicted octanol–water partition coefficient (Wildman–Crippen LogP) is 5.23. The van der Waals surface area contributed by atoms with E-state index < -0.39 is 8.07 Å². The number of amides is 1. The minimum absolute atomic E-state index is 0.159. The molecule has 1 aliphatic rings. The van der Waals surface area contributed by atoms with Gasteiger partial charge in [-0.1, -0.05) is 25.7 Å². The van der Waals surface area contributed by atoms with Crippen LogP contribution in [-0.4, -0.2) is 53.7 Å². The van der Waals surface area contributed by atoms with E-state index >= 15 is 0 Å². The zero-order valence-corrected chi connectivity index (χ0v) is 19.9. The van der Waals surface area contributed by atoms with E-state index in [0.29, 0.717) is 18.5 Å². The van der Waals surface area contributed by atoms with Gasteiger partial charge in [-0.25, -0.2) is 14.8 Å². The fourth-order valence-corrected chi connectivity index (χ4v) is 4.42. The number of halogens is 1. The molecule has 1 amide bonds. The largest absolute Gasteiger partial charge is 0.450 e. The van der Waals surface area contributed by atoms with Gasteiger partial charge in [0.15, 0.2) is 0 Å². The first-order chi connectivity index (χ1) is 14.2. The summed E-state index contributed by atoms with van der Waals surface area (Å²) in [5.74, 6) is 0.861. The SMILES string of the molecule is Cc1cc(Nc2ncnc(Cl)n2)ccc1C1CCN(C(=O)OCC[Si](C)(C)C)CC1. The number of rotatable bonds is 6. The Morgan fingerprint density at radius 3 is 2.63 bits per heavy atom. The Morgan fingerprint density at radius 2 is 2.00 bits per heavy atom. The van der Waals surface area contributed by atoms with Gasteiger partial charge in [-0.05, 0) is 66.6 Å². The summed E-state index contributed by atoms with van der Waals surface area (Å²) in [5.41, 5.74) is 3.43. The summed E-state index contributed by atoms with van der Waals surface area (Å²) in [6.07, 6.45) is 3.10. The Morgan fingerprint density at radius 1 is 1.27 bits per heavy atom. The van der Waals surface area contributed by atoms with E-state index in [2.05, 4.69) is 59.0 Å². The van der Waals surface area contributed by atoms with Crippen LogP contribution in [0.2, 0.25) is 31.0 Å². The third kappa shape index (κ3) is 6.40. The normalized spacial score (nSPS) is 15.2. The van der Waals surface area contributed by atoms with E-state index in [9.17, 15) is 4.79 Å². The Kier molecular flexibility index (Phi) is 7.30.